The Labute approximate surface area is 654 Å². The molecule has 5 unspecified atom stereocenters. The SMILES string of the molecule is CC/C=C\C/C=C\C/C=C\C/C=C\C/C=C\CCCCCC(=O)OCC(COP(=O)(O)OCC(O)COP(=O)(O)OCC(COC(=O)CCC/C=C\C/C=C\C/C=C\C/C=C\C/C=C\CC)OC(=O)CCCCCCCCCCCCCCC)OC(=O)CCCCC/C=C\C/C=C\C/C=C\C/C=C\C/C=C\CC. The third kappa shape index (κ3) is 78.3. The lowest BCUT2D eigenvalue weighted by Gasteiger charge is -2.21. The van der Waals surface area contributed by atoms with Gasteiger partial charge in [0.1, 0.15) is 19.3 Å². The van der Waals surface area contributed by atoms with Gasteiger partial charge in [0, 0.05) is 25.7 Å². The minimum atomic E-state index is -5.01. The second-order valence-corrected chi connectivity index (χ2v) is 29.5. The topological polar surface area (TPSA) is 237 Å². The first-order valence-electron chi connectivity index (χ1n) is 41.0. The number of carbonyl (C=O) groups is 4. The average molecular weight is 1550 g/mol. The van der Waals surface area contributed by atoms with Gasteiger partial charge < -0.3 is 33.8 Å². The van der Waals surface area contributed by atoms with Crippen LogP contribution in [0.1, 0.15) is 297 Å². The van der Waals surface area contributed by atoms with Crippen molar-refractivity contribution >= 4 is 39.5 Å². The van der Waals surface area contributed by atoms with E-state index in [4.69, 9.17) is 37.0 Å². The number of phosphoric acid groups is 2. The van der Waals surface area contributed by atoms with E-state index >= 15 is 0 Å². The average Bonchev–Trinajstić information content (AvgIpc) is 0.892. The number of rotatable bonds is 75. The molecule has 0 aromatic heterocycles. The summed E-state index contributed by atoms with van der Waals surface area (Å²) in [5, 5.41) is 10.7. The Kier molecular flexibility index (Phi) is 75.0. The summed E-state index contributed by atoms with van der Waals surface area (Å²) in [5.74, 6) is -2.33. The number of ether oxygens (including phenoxy) is 4. The molecule has 0 aromatic carbocycles. The molecular formula is C89H144O17P2. The summed E-state index contributed by atoms with van der Waals surface area (Å²) in [6, 6.07) is 0. The number of phosphoric ester groups is 2. The van der Waals surface area contributed by atoms with Gasteiger partial charge in [-0.15, -0.1) is 0 Å². The number of carbonyl (C=O) groups excluding carboxylic acids is 4. The molecule has 0 rings (SSSR count). The highest BCUT2D eigenvalue weighted by Crippen LogP contribution is 2.45. The van der Waals surface area contributed by atoms with Gasteiger partial charge in [0.05, 0.1) is 26.4 Å². The summed E-state index contributed by atoms with van der Waals surface area (Å²) in [6.45, 7) is 4.39. The van der Waals surface area contributed by atoms with Gasteiger partial charge in [0.2, 0.25) is 0 Å². The Morgan fingerprint density at radius 2 is 0.491 bits per heavy atom. The van der Waals surface area contributed by atoms with Crippen LogP contribution in [-0.4, -0.2) is 96.7 Å². The lowest BCUT2D eigenvalue weighted by molar-refractivity contribution is -0.161. The van der Waals surface area contributed by atoms with Gasteiger partial charge in [-0.25, -0.2) is 9.13 Å². The van der Waals surface area contributed by atoms with Crippen LogP contribution in [0.2, 0.25) is 0 Å². The van der Waals surface area contributed by atoms with Gasteiger partial charge in [-0.1, -0.05) is 300 Å². The number of allylic oxidation sites excluding steroid dienone is 30. The number of unbranched alkanes of at least 4 members (excludes halogenated alkanes) is 19. The van der Waals surface area contributed by atoms with Crippen LogP contribution >= 0.6 is 15.6 Å². The van der Waals surface area contributed by atoms with Gasteiger partial charge in [0.15, 0.2) is 12.2 Å². The first-order chi connectivity index (χ1) is 52.7. The molecule has 0 heterocycles. The second-order valence-electron chi connectivity index (χ2n) is 26.6. The molecule has 19 heteroatoms. The molecular weight excluding hydrogens is 1400 g/mol. The number of hydrogen-bond acceptors (Lipinski definition) is 15. The molecule has 3 N–H and O–H groups in total. The Bertz CT molecular complexity index is 2760. The maximum absolute atomic E-state index is 13.1. The molecule has 0 radical (unpaired) electrons. The molecule has 0 aromatic rings. The maximum atomic E-state index is 13.1. The number of aliphatic hydroxyl groups excluding tert-OH is 1. The molecule has 108 heavy (non-hydrogen) atoms. The molecule has 0 aliphatic heterocycles. The molecule has 0 bridgehead atoms. The van der Waals surface area contributed by atoms with Crippen LogP contribution in [0.4, 0.5) is 0 Å². The molecule has 0 saturated heterocycles. The number of esters is 4. The maximum Gasteiger partial charge on any atom is 0.472 e. The predicted molar refractivity (Wildman–Crippen MR) is 445 cm³/mol. The van der Waals surface area contributed by atoms with Crippen molar-refractivity contribution in [1.82, 2.24) is 0 Å². The molecule has 5 atom stereocenters. The van der Waals surface area contributed by atoms with Gasteiger partial charge in [-0.2, -0.15) is 0 Å². The molecule has 0 aliphatic carbocycles. The summed E-state index contributed by atoms with van der Waals surface area (Å²) in [4.78, 5) is 73.1. The van der Waals surface area contributed by atoms with E-state index in [0.717, 1.165) is 161 Å². The van der Waals surface area contributed by atoms with Gasteiger partial charge in [-0.05, 0) is 154 Å². The molecule has 0 spiro atoms. The summed E-state index contributed by atoms with van der Waals surface area (Å²) in [5.41, 5.74) is 0. The Hall–Kier alpha value is -5.84. The van der Waals surface area contributed by atoms with E-state index in [1.54, 1.807) is 0 Å². The smallest absolute Gasteiger partial charge is 0.462 e. The molecule has 17 nitrogen and oxygen atoms in total. The molecule has 0 saturated carbocycles. The summed E-state index contributed by atoms with van der Waals surface area (Å²) in [7, 11) is -10.0. The van der Waals surface area contributed by atoms with Crippen molar-refractivity contribution in [2.45, 2.75) is 316 Å². The van der Waals surface area contributed by atoms with Crippen LogP contribution in [-0.2, 0) is 65.4 Å². The fourth-order valence-electron chi connectivity index (χ4n) is 10.2. The van der Waals surface area contributed by atoms with Crippen LogP contribution in [0.15, 0.2) is 182 Å². The highest BCUT2D eigenvalue weighted by molar-refractivity contribution is 7.47. The quantitative estimate of drug-likeness (QED) is 0.0169. The third-order valence-electron chi connectivity index (χ3n) is 16.4. The van der Waals surface area contributed by atoms with Crippen LogP contribution in [0.5, 0.6) is 0 Å². The normalized spacial score (nSPS) is 14.8. The lowest BCUT2D eigenvalue weighted by Crippen LogP contribution is -2.30. The third-order valence-corrected chi connectivity index (χ3v) is 18.3. The van der Waals surface area contributed by atoms with Gasteiger partial charge in [-0.3, -0.25) is 37.3 Å². The molecule has 0 amide bonds. The second kappa shape index (κ2) is 79.3. The largest absolute Gasteiger partial charge is 0.472 e. The Balaban J connectivity index is 5.50. The zero-order valence-corrected chi connectivity index (χ0v) is 68.7. The monoisotopic (exact) mass is 1550 g/mol. The zero-order valence-electron chi connectivity index (χ0n) is 66.9. The van der Waals surface area contributed by atoms with Crippen LogP contribution < -0.4 is 0 Å². The lowest BCUT2D eigenvalue weighted by atomic mass is 10.0. The molecule has 0 aliphatic rings. The van der Waals surface area contributed by atoms with Crippen molar-refractivity contribution in [3.8, 4) is 0 Å². The fraction of sp³-hybridized carbons (Fsp3) is 0.618. The minimum Gasteiger partial charge on any atom is -0.462 e. The van der Waals surface area contributed by atoms with Crippen molar-refractivity contribution in [3.63, 3.8) is 0 Å². The summed E-state index contributed by atoms with van der Waals surface area (Å²) < 4.78 is 68.6. The van der Waals surface area contributed by atoms with Crippen LogP contribution in [0.25, 0.3) is 0 Å². The zero-order chi connectivity index (χ0) is 78.9. The van der Waals surface area contributed by atoms with Crippen molar-refractivity contribution < 1.29 is 80.2 Å². The van der Waals surface area contributed by atoms with Crippen LogP contribution in [0, 0.1) is 0 Å². The summed E-state index contributed by atoms with van der Waals surface area (Å²) >= 11 is 0. The molecule has 0 fully saturated rings. The van der Waals surface area contributed by atoms with E-state index in [1.807, 2.05) is 12.2 Å². The van der Waals surface area contributed by atoms with E-state index < -0.39 is 97.5 Å². The van der Waals surface area contributed by atoms with E-state index in [0.29, 0.717) is 32.1 Å². The van der Waals surface area contributed by atoms with Crippen molar-refractivity contribution in [2.24, 2.45) is 0 Å². The van der Waals surface area contributed by atoms with Gasteiger partial charge in [0.25, 0.3) is 0 Å². The van der Waals surface area contributed by atoms with E-state index in [2.05, 4.69) is 198 Å². The number of aliphatic hydroxyl groups is 1. The Morgan fingerprint density at radius 1 is 0.269 bits per heavy atom. The first-order valence-corrected chi connectivity index (χ1v) is 44.0. The fourth-order valence-corrected chi connectivity index (χ4v) is 11.8. The standard InChI is InChI=1S/C89H144O17P2/c1-5-9-13-17-21-25-29-33-36-39-41-44-47-51-54-58-62-66-70-74-87(92)100-80-85(106-89(94)76-72-68-64-60-56-52-48-45-42-40-37-34-30-26-22-18-14-10-6-2)82-104-108(97,98)102-78-83(90)77-101-107(95,96)103-81-84(105-88(93)75-71-67-63-59-55-49-32-28-24-20-16-12-8-4)79-99-86(91)73-69-65-61-57-53-50-46-43-38-35-31-27-23-19-15-11-7-3/h9-11,13-15,21-23,25-27,33-38,41-42,44-46,50-52,54,56-57,61,83-85,90H,5-8,12,16-20,24,28-32,39-40,43,47-49,53,55,58-60,62-82H2,1-4H3,(H,95,96)(H,97,98)/b13-9-,14-10-,15-11-,25-21-,26-22-,27-23-,36-33-,37-34-,38-35-,44-41-,45-42-,50-46-,54-51-,56-52-,61-57-. The van der Waals surface area contributed by atoms with E-state index in [9.17, 15) is 43.2 Å². The van der Waals surface area contributed by atoms with E-state index in [1.165, 1.54) is 51.4 Å². The highest BCUT2D eigenvalue weighted by atomic mass is 31.2. The predicted octanol–water partition coefficient (Wildman–Crippen LogP) is 24.3. The van der Waals surface area contributed by atoms with Crippen molar-refractivity contribution in [2.75, 3.05) is 39.6 Å². The number of hydrogen-bond donors (Lipinski definition) is 3. The van der Waals surface area contributed by atoms with Crippen molar-refractivity contribution in [1.29, 1.82) is 0 Å². The van der Waals surface area contributed by atoms with E-state index in [-0.39, 0.29) is 25.7 Å². The van der Waals surface area contributed by atoms with Crippen LogP contribution in [0.3, 0.4) is 0 Å². The summed E-state index contributed by atoms with van der Waals surface area (Å²) in [6.07, 6.45) is 95.9. The molecule has 612 valence electrons. The van der Waals surface area contributed by atoms with Gasteiger partial charge >= 0.3 is 39.5 Å². The Morgan fingerprint density at radius 3 is 0.778 bits per heavy atom. The van der Waals surface area contributed by atoms with Crippen molar-refractivity contribution in [3.05, 3.63) is 182 Å². The first kappa shape index (κ1) is 102. The minimum absolute atomic E-state index is 0.0399. The highest BCUT2D eigenvalue weighted by Gasteiger charge is 2.30.